The summed E-state index contributed by atoms with van der Waals surface area (Å²) in [5, 5.41) is 12.8. The zero-order valence-electron chi connectivity index (χ0n) is 10.3. The largest absolute Gasteiger partial charge is 0.469 e. The van der Waals surface area contributed by atoms with Crippen molar-refractivity contribution in [2.24, 2.45) is 0 Å². The lowest BCUT2D eigenvalue weighted by Crippen LogP contribution is -2.29. The number of aliphatic hydroxyl groups is 1. The van der Waals surface area contributed by atoms with Crippen LogP contribution in [0.1, 0.15) is 38.9 Å². The fourth-order valence-electron chi connectivity index (χ4n) is 1.62. The lowest BCUT2D eigenvalue weighted by atomic mass is 10.1. The Morgan fingerprint density at radius 3 is 2.88 bits per heavy atom. The molecule has 0 aliphatic rings. The molecule has 1 heterocycles. The monoisotopic (exact) mass is 225 g/mol. The van der Waals surface area contributed by atoms with Gasteiger partial charge >= 0.3 is 0 Å². The van der Waals surface area contributed by atoms with Crippen molar-refractivity contribution in [2.45, 2.75) is 51.7 Å². The number of aryl methyl sites for hydroxylation is 1. The third kappa shape index (κ3) is 5.33. The Morgan fingerprint density at radius 2 is 2.25 bits per heavy atom. The summed E-state index contributed by atoms with van der Waals surface area (Å²) in [7, 11) is 0. The Hall–Kier alpha value is -0.800. The van der Waals surface area contributed by atoms with Gasteiger partial charge in [-0.25, -0.2) is 0 Å². The van der Waals surface area contributed by atoms with Crippen LogP contribution < -0.4 is 5.32 Å². The molecule has 3 heteroatoms. The van der Waals surface area contributed by atoms with Crippen LogP contribution in [0.5, 0.6) is 0 Å². The fourth-order valence-corrected chi connectivity index (χ4v) is 1.62. The molecule has 2 atom stereocenters. The Bertz CT molecular complexity index is 259. The average Bonchev–Trinajstić information content (AvgIpc) is 2.79. The van der Waals surface area contributed by atoms with Gasteiger partial charge in [0.05, 0.1) is 12.4 Å². The highest BCUT2D eigenvalue weighted by Gasteiger charge is 2.05. The quantitative estimate of drug-likeness (QED) is 0.714. The molecule has 0 aliphatic heterocycles. The first kappa shape index (κ1) is 13.3. The molecule has 3 nitrogen and oxygen atoms in total. The average molecular weight is 225 g/mol. The van der Waals surface area contributed by atoms with Crippen molar-refractivity contribution in [3.8, 4) is 0 Å². The van der Waals surface area contributed by atoms with E-state index >= 15 is 0 Å². The van der Waals surface area contributed by atoms with Gasteiger partial charge in [0, 0.05) is 12.5 Å². The zero-order chi connectivity index (χ0) is 11.8. The zero-order valence-corrected chi connectivity index (χ0v) is 10.3. The minimum atomic E-state index is -0.162. The molecule has 16 heavy (non-hydrogen) atoms. The SMILES string of the molecule is CCC(O)CCNC(C)CCc1ccco1. The molecule has 0 fully saturated rings. The highest BCUT2D eigenvalue weighted by molar-refractivity contribution is 4.98. The van der Waals surface area contributed by atoms with E-state index < -0.39 is 0 Å². The Kier molecular flexibility index (Phi) is 6.19. The van der Waals surface area contributed by atoms with Crippen molar-refractivity contribution in [1.82, 2.24) is 5.32 Å². The summed E-state index contributed by atoms with van der Waals surface area (Å²) < 4.78 is 5.28. The van der Waals surface area contributed by atoms with E-state index in [-0.39, 0.29) is 6.10 Å². The van der Waals surface area contributed by atoms with Gasteiger partial charge in [-0.1, -0.05) is 6.92 Å². The number of hydrogen-bond acceptors (Lipinski definition) is 3. The van der Waals surface area contributed by atoms with E-state index in [2.05, 4.69) is 12.2 Å². The summed E-state index contributed by atoms with van der Waals surface area (Å²) in [6.07, 6.45) is 5.26. The topological polar surface area (TPSA) is 45.4 Å². The second kappa shape index (κ2) is 7.47. The van der Waals surface area contributed by atoms with Gasteiger partial charge in [0.15, 0.2) is 0 Å². The lowest BCUT2D eigenvalue weighted by Gasteiger charge is -2.14. The molecule has 1 aromatic rings. The highest BCUT2D eigenvalue weighted by Crippen LogP contribution is 2.05. The van der Waals surface area contributed by atoms with Crippen molar-refractivity contribution >= 4 is 0 Å². The molecular weight excluding hydrogens is 202 g/mol. The maximum absolute atomic E-state index is 9.40. The molecule has 0 spiro atoms. The van der Waals surface area contributed by atoms with E-state index in [0.29, 0.717) is 6.04 Å². The summed E-state index contributed by atoms with van der Waals surface area (Å²) in [5.41, 5.74) is 0. The maximum Gasteiger partial charge on any atom is 0.103 e. The first-order valence-electron chi connectivity index (χ1n) is 6.16. The molecule has 0 aromatic carbocycles. The smallest absolute Gasteiger partial charge is 0.103 e. The molecule has 0 bridgehead atoms. The normalized spacial score (nSPS) is 14.9. The first-order valence-corrected chi connectivity index (χ1v) is 6.16. The molecule has 0 saturated carbocycles. The fraction of sp³-hybridized carbons (Fsp3) is 0.692. The first-order chi connectivity index (χ1) is 7.72. The van der Waals surface area contributed by atoms with Crippen LogP contribution >= 0.6 is 0 Å². The van der Waals surface area contributed by atoms with E-state index in [1.54, 1.807) is 6.26 Å². The van der Waals surface area contributed by atoms with E-state index in [0.717, 1.165) is 38.0 Å². The molecule has 2 N–H and O–H groups in total. The number of furan rings is 1. The molecule has 0 radical (unpaired) electrons. The standard InChI is InChI=1S/C13H23NO2/c1-3-12(15)8-9-14-11(2)6-7-13-5-4-10-16-13/h4-5,10-12,14-15H,3,6-9H2,1-2H3. The predicted octanol–water partition coefficient (Wildman–Crippen LogP) is 2.35. The van der Waals surface area contributed by atoms with Crippen molar-refractivity contribution in [3.05, 3.63) is 24.2 Å². The molecule has 92 valence electrons. The van der Waals surface area contributed by atoms with Gasteiger partial charge in [-0.2, -0.15) is 0 Å². The van der Waals surface area contributed by atoms with Crippen LogP contribution in [-0.4, -0.2) is 23.8 Å². The van der Waals surface area contributed by atoms with E-state index in [9.17, 15) is 5.11 Å². The number of hydrogen-bond donors (Lipinski definition) is 2. The highest BCUT2D eigenvalue weighted by atomic mass is 16.3. The molecule has 0 saturated heterocycles. The number of aliphatic hydroxyl groups excluding tert-OH is 1. The van der Waals surface area contributed by atoms with E-state index in [1.807, 2.05) is 19.1 Å². The van der Waals surface area contributed by atoms with Crippen LogP contribution in [0.25, 0.3) is 0 Å². The third-order valence-electron chi connectivity index (χ3n) is 2.85. The van der Waals surface area contributed by atoms with Crippen molar-refractivity contribution in [3.63, 3.8) is 0 Å². The Labute approximate surface area is 97.9 Å². The second-order valence-electron chi connectivity index (χ2n) is 4.32. The summed E-state index contributed by atoms with van der Waals surface area (Å²) in [4.78, 5) is 0. The maximum atomic E-state index is 9.40. The lowest BCUT2D eigenvalue weighted by molar-refractivity contribution is 0.158. The molecule has 1 rings (SSSR count). The molecular formula is C13H23NO2. The second-order valence-corrected chi connectivity index (χ2v) is 4.32. The summed E-state index contributed by atoms with van der Waals surface area (Å²) in [6, 6.07) is 4.40. The van der Waals surface area contributed by atoms with Crippen molar-refractivity contribution < 1.29 is 9.52 Å². The Morgan fingerprint density at radius 1 is 1.44 bits per heavy atom. The molecule has 0 aliphatic carbocycles. The third-order valence-corrected chi connectivity index (χ3v) is 2.85. The minimum Gasteiger partial charge on any atom is -0.469 e. The van der Waals surface area contributed by atoms with Crippen LogP contribution in [0.3, 0.4) is 0 Å². The molecule has 0 amide bonds. The van der Waals surface area contributed by atoms with E-state index in [1.165, 1.54) is 0 Å². The van der Waals surface area contributed by atoms with Crippen LogP contribution in [0.4, 0.5) is 0 Å². The minimum absolute atomic E-state index is 0.162. The summed E-state index contributed by atoms with van der Waals surface area (Å²) >= 11 is 0. The van der Waals surface area contributed by atoms with Gasteiger partial charge in [0.2, 0.25) is 0 Å². The van der Waals surface area contributed by atoms with Crippen LogP contribution in [0.2, 0.25) is 0 Å². The summed E-state index contributed by atoms with van der Waals surface area (Å²) in [5.74, 6) is 1.04. The van der Waals surface area contributed by atoms with Gasteiger partial charge in [-0.05, 0) is 44.9 Å². The van der Waals surface area contributed by atoms with Gasteiger partial charge in [0.1, 0.15) is 5.76 Å². The summed E-state index contributed by atoms with van der Waals surface area (Å²) in [6.45, 7) is 5.06. The molecule has 2 unspecified atom stereocenters. The van der Waals surface area contributed by atoms with Crippen molar-refractivity contribution in [2.75, 3.05) is 6.54 Å². The van der Waals surface area contributed by atoms with Crippen LogP contribution in [-0.2, 0) is 6.42 Å². The van der Waals surface area contributed by atoms with Crippen molar-refractivity contribution in [1.29, 1.82) is 0 Å². The number of rotatable bonds is 8. The van der Waals surface area contributed by atoms with E-state index in [4.69, 9.17) is 4.42 Å². The van der Waals surface area contributed by atoms with Crippen LogP contribution in [0.15, 0.2) is 22.8 Å². The van der Waals surface area contributed by atoms with Gasteiger partial charge < -0.3 is 14.8 Å². The molecule has 1 aromatic heterocycles. The van der Waals surface area contributed by atoms with Gasteiger partial charge in [-0.15, -0.1) is 0 Å². The van der Waals surface area contributed by atoms with Crippen LogP contribution in [0, 0.1) is 0 Å². The Balaban J connectivity index is 2.05. The van der Waals surface area contributed by atoms with Gasteiger partial charge in [-0.3, -0.25) is 0 Å². The number of nitrogens with one attached hydrogen (secondary N) is 1. The predicted molar refractivity (Wildman–Crippen MR) is 65.4 cm³/mol. The van der Waals surface area contributed by atoms with Gasteiger partial charge in [0.25, 0.3) is 0 Å².